The Morgan fingerprint density at radius 3 is 3.17 bits per heavy atom. The zero-order chi connectivity index (χ0) is 12.7. The molecule has 0 aromatic heterocycles. The van der Waals surface area contributed by atoms with E-state index in [0.717, 1.165) is 23.3 Å². The van der Waals surface area contributed by atoms with Gasteiger partial charge in [0.2, 0.25) is 5.91 Å². The van der Waals surface area contributed by atoms with E-state index in [1.807, 2.05) is 6.08 Å². The molecule has 1 saturated heterocycles. The van der Waals surface area contributed by atoms with Crippen molar-refractivity contribution in [1.82, 2.24) is 5.32 Å². The predicted octanol–water partition coefficient (Wildman–Crippen LogP) is 0.605. The molecule has 94 valence electrons. The minimum atomic E-state index is -0.235. The molecule has 3 rings (SSSR count). The number of fused-ring (bicyclic) bond motifs is 2. The van der Waals surface area contributed by atoms with Crippen LogP contribution in [-0.4, -0.2) is 24.5 Å². The number of nitrogens with two attached hydrogens (primary N) is 1. The summed E-state index contributed by atoms with van der Waals surface area (Å²) < 4.78 is 5.79. The van der Waals surface area contributed by atoms with E-state index in [2.05, 4.69) is 23.3 Å². The molecule has 0 saturated carbocycles. The maximum atomic E-state index is 11.4. The van der Waals surface area contributed by atoms with Crippen LogP contribution in [0.1, 0.15) is 13.3 Å². The number of hydrogen-bond donors (Lipinski definition) is 2. The highest BCUT2D eigenvalue weighted by Gasteiger charge is 2.37. The van der Waals surface area contributed by atoms with Gasteiger partial charge in [-0.1, -0.05) is 13.0 Å². The van der Waals surface area contributed by atoms with Crippen molar-refractivity contribution in [2.75, 3.05) is 0 Å². The standard InChI is InChI=1S/C13H15N3O2/c1-7-4-8-5-11(15-6-14)18-13(8)9-2-3-10(17)16-12(7)9/h2-4,6-7,11-12H,5H2,1H3,(H2,14,15)(H,16,17). The van der Waals surface area contributed by atoms with Gasteiger partial charge in [0.25, 0.3) is 0 Å². The second-order valence-electron chi connectivity index (χ2n) is 4.73. The molecule has 3 N–H and O–H groups in total. The Hall–Kier alpha value is -2.04. The Labute approximate surface area is 105 Å². The van der Waals surface area contributed by atoms with E-state index in [1.54, 1.807) is 0 Å². The topological polar surface area (TPSA) is 76.7 Å². The van der Waals surface area contributed by atoms with Crippen LogP contribution in [0.15, 0.2) is 40.1 Å². The van der Waals surface area contributed by atoms with Crippen LogP contribution in [0.5, 0.6) is 0 Å². The van der Waals surface area contributed by atoms with E-state index in [4.69, 9.17) is 10.5 Å². The van der Waals surface area contributed by atoms with Gasteiger partial charge in [-0.05, 0) is 17.6 Å². The fraction of sp³-hybridized carbons (Fsp3) is 0.385. The van der Waals surface area contributed by atoms with Crippen molar-refractivity contribution in [3.8, 4) is 0 Å². The number of nitrogens with zero attached hydrogens (tertiary/aromatic N) is 1. The monoisotopic (exact) mass is 245 g/mol. The van der Waals surface area contributed by atoms with E-state index in [0.29, 0.717) is 0 Å². The smallest absolute Gasteiger partial charge is 0.244 e. The van der Waals surface area contributed by atoms with Crippen LogP contribution in [-0.2, 0) is 9.53 Å². The molecule has 0 aromatic carbocycles. The summed E-state index contributed by atoms with van der Waals surface area (Å²) in [5, 5.41) is 2.96. The van der Waals surface area contributed by atoms with Crippen molar-refractivity contribution in [2.24, 2.45) is 16.6 Å². The summed E-state index contributed by atoms with van der Waals surface area (Å²) in [7, 11) is 0. The average Bonchev–Trinajstić information content (AvgIpc) is 2.72. The van der Waals surface area contributed by atoms with Gasteiger partial charge in [0.05, 0.1) is 12.4 Å². The van der Waals surface area contributed by atoms with Gasteiger partial charge in [0, 0.05) is 18.1 Å². The summed E-state index contributed by atoms with van der Waals surface area (Å²) in [4.78, 5) is 15.5. The fourth-order valence-corrected chi connectivity index (χ4v) is 2.70. The zero-order valence-electron chi connectivity index (χ0n) is 10.1. The number of ether oxygens (including phenoxy) is 1. The lowest BCUT2D eigenvalue weighted by atomic mass is 9.83. The van der Waals surface area contributed by atoms with Crippen LogP contribution in [0.3, 0.4) is 0 Å². The molecule has 2 aliphatic heterocycles. The van der Waals surface area contributed by atoms with E-state index in [1.165, 1.54) is 12.4 Å². The molecule has 3 aliphatic rings. The summed E-state index contributed by atoms with van der Waals surface area (Å²) in [6.07, 6.45) is 7.31. The highest BCUT2D eigenvalue weighted by atomic mass is 16.5. The number of carbonyl (C=O) groups is 1. The summed E-state index contributed by atoms with van der Waals surface area (Å²) in [6, 6.07) is 0.00172. The minimum Gasteiger partial charge on any atom is -0.468 e. The first-order valence-electron chi connectivity index (χ1n) is 6.03. The summed E-state index contributed by atoms with van der Waals surface area (Å²) in [5.41, 5.74) is 7.49. The molecule has 0 aromatic rings. The highest BCUT2D eigenvalue weighted by molar-refractivity contribution is 5.90. The van der Waals surface area contributed by atoms with Crippen LogP contribution < -0.4 is 11.1 Å². The van der Waals surface area contributed by atoms with Crippen LogP contribution in [0.2, 0.25) is 0 Å². The first-order chi connectivity index (χ1) is 8.69. The van der Waals surface area contributed by atoms with Gasteiger partial charge < -0.3 is 15.8 Å². The molecule has 18 heavy (non-hydrogen) atoms. The molecule has 1 amide bonds. The quantitative estimate of drug-likeness (QED) is 0.524. The third kappa shape index (κ3) is 1.63. The molecule has 1 fully saturated rings. The van der Waals surface area contributed by atoms with Gasteiger partial charge in [-0.3, -0.25) is 4.79 Å². The molecule has 5 nitrogen and oxygen atoms in total. The normalized spacial score (nSPS) is 33.9. The summed E-state index contributed by atoms with van der Waals surface area (Å²) in [6.45, 7) is 2.09. The van der Waals surface area contributed by atoms with Gasteiger partial charge in [-0.15, -0.1) is 0 Å². The van der Waals surface area contributed by atoms with Crippen LogP contribution >= 0.6 is 0 Å². The average molecular weight is 245 g/mol. The number of hydrogen-bond acceptors (Lipinski definition) is 3. The Balaban J connectivity index is 2.01. The van der Waals surface area contributed by atoms with Crippen molar-refractivity contribution in [3.05, 3.63) is 35.1 Å². The van der Waals surface area contributed by atoms with Gasteiger partial charge in [0.1, 0.15) is 5.76 Å². The van der Waals surface area contributed by atoms with Gasteiger partial charge in [0.15, 0.2) is 6.23 Å². The second kappa shape index (κ2) is 4.01. The Morgan fingerprint density at radius 1 is 1.56 bits per heavy atom. The Bertz CT molecular complexity index is 516. The summed E-state index contributed by atoms with van der Waals surface area (Å²) in [5.74, 6) is 1.06. The number of amides is 1. The number of carbonyl (C=O) groups excluding carboxylic acids is 1. The molecule has 1 aliphatic carbocycles. The minimum absolute atomic E-state index is 0.00172. The highest BCUT2D eigenvalue weighted by Crippen LogP contribution is 2.40. The largest absolute Gasteiger partial charge is 0.468 e. The van der Waals surface area contributed by atoms with Gasteiger partial charge in [-0.25, -0.2) is 4.99 Å². The van der Waals surface area contributed by atoms with Crippen molar-refractivity contribution in [1.29, 1.82) is 0 Å². The number of allylic oxidation sites excluding steroid dienone is 1. The van der Waals surface area contributed by atoms with Crippen molar-refractivity contribution in [2.45, 2.75) is 25.6 Å². The van der Waals surface area contributed by atoms with Crippen LogP contribution in [0.25, 0.3) is 0 Å². The third-order valence-corrected chi connectivity index (χ3v) is 3.49. The lowest BCUT2D eigenvalue weighted by molar-refractivity contribution is -0.117. The number of aliphatic imine (C=N–C) groups is 1. The molecule has 0 bridgehead atoms. The van der Waals surface area contributed by atoms with Crippen LogP contribution in [0.4, 0.5) is 0 Å². The molecule has 0 spiro atoms. The van der Waals surface area contributed by atoms with Gasteiger partial charge in [-0.2, -0.15) is 0 Å². The van der Waals surface area contributed by atoms with Crippen molar-refractivity contribution >= 4 is 12.2 Å². The first-order valence-corrected chi connectivity index (χ1v) is 6.03. The predicted molar refractivity (Wildman–Crippen MR) is 67.5 cm³/mol. The van der Waals surface area contributed by atoms with Gasteiger partial charge >= 0.3 is 0 Å². The molecular weight excluding hydrogens is 230 g/mol. The van der Waals surface area contributed by atoms with E-state index in [-0.39, 0.29) is 24.1 Å². The summed E-state index contributed by atoms with van der Waals surface area (Å²) >= 11 is 0. The molecule has 0 radical (unpaired) electrons. The van der Waals surface area contributed by atoms with Crippen molar-refractivity contribution < 1.29 is 9.53 Å². The number of nitrogens with one attached hydrogen (secondary N) is 1. The lowest BCUT2D eigenvalue weighted by Gasteiger charge is -2.31. The number of rotatable bonds is 1. The zero-order valence-corrected chi connectivity index (χ0v) is 10.1. The molecule has 5 heteroatoms. The fourth-order valence-electron chi connectivity index (χ4n) is 2.70. The lowest BCUT2D eigenvalue weighted by Crippen LogP contribution is -2.43. The molecular formula is C13H15N3O2. The molecule has 3 atom stereocenters. The maximum Gasteiger partial charge on any atom is 0.244 e. The Kier molecular flexibility index (Phi) is 2.47. The third-order valence-electron chi connectivity index (χ3n) is 3.49. The van der Waals surface area contributed by atoms with Crippen LogP contribution in [0, 0.1) is 5.92 Å². The Morgan fingerprint density at radius 2 is 2.39 bits per heavy atom. The SMILES string of the molecule is CC1C=C2CC(N=CN)OC2=C2C=CC(=O)NC21. The maximum absolute atomic E-state index is 11.4. The molecule has 2 heterocycles. The van der Waals surface area contributed by atoms with Crippen molar-refractivity contribution in [3.63, 3.8) is 0 Å². The molecule has 3 unspecified atom stereocenters. The van der Waals surface area contributed by atoms with E-state index >= 15 is 0 Å². The van der Waals surface area contributed by atoms with E-state index < -0.39 is 0 Å². The second-order valence-corrected chi connectivity index (χ2v) is 4.73. The van der Waals surface area contributed by atoms with E-state index in [9.17, 15) is 4.79 Å². The first kappa shape index (κ1) is 11.1.